The quantitative estimate of drug-likeness (QED) is 0.542. The van der Waals surface area contributed by atoms with Crippen LogP contribution in [0.2, 0.25) is 5.32 Å². The molecule has 0 N–H and O–H groups in total. The summed E-state index contributed by atoms with van der Waals surface area (Å²) >= 11 is 0.386. The van der Waals surface area contributed by atoms with E-state index in [9.17, 15) is 8.42 Å². The second kappa shape index (κ2) is 8.12. The molecule has 0 saturated heterocycles. The second-order valence-electron chi connectivity index (χ2n) is 7.06. The third-order valence-corrected chi connectivity index (χ3v) is 9.42. The zero-order valence-electron chi connectivity index (χ0n) is 15.8. The first-order valence-corrected chi connectivity index (χ1v) is 12.9. The Kier molecular flexibility index (Phi) is 5.58. The van der Waals surface area contributed by atoms with Crippen LogP contribution in [-0.2, 0) is 10.0 Å². The van der Waals surface area contributed by atoms with E-state index in [0.29, 0.717) is 32.3 Å². The van der Waals surface area contributed by atoms with Crippen LogP contribution in [0.1, 0.15) is 23.5 Å². The zero-order chi connectivity index (χ0) is 19.6. The summed E-state index contributed by atoms with van der Waals surface area (Å²) in [5, 5.41) is 1.09. The molecule has 3 nitrogen and oxygen atoms in total. The Labute approximate surface area is 173 Å². The van der Waals surface area contributed by atoms with Gasteiger partial charge in [-0.3, -0.25) is 0 Å². The van der Waals surface area contributed by atoms with Crippen LogP contribution in [0.25, 0.3) is 0 Å². The van der Waals surface area contributed by atoms with Crippen molar-refractivity contribution in [2.75, 3.05) is 10.8 Å². The molecule has 0 bridgehead atoms. The molecular weight excluding hydrogens is 433 g/mol. The first-order chi connectivity index (χ1) is 13.6. The van der Waals surface area contributed by atoms with Crippen molar-refractivity contribution in [2.45, 2.75) is 29.5 Å². The standard InChI is InChI=1S/C23H23NO2SSe/c1-18-11-13-20(14-12-18)27(25,26)24-16-15-19(22-9-5-6-10-23(22)24)17-28-21-7-3-2-4-8-21/h2-14,19H,15-17H2,1H3. The molecule has 1 heterocycles. The average Bonchev–Trinajstić information content (AvgIpc) is 2.73. The van der Waals surface area contributed by atoms with Gasteiger partial charge in [0.2, 0.25) is 0 Å². The van der Waals surface area contributed by atoms with Crippen LogP contribution in [0.3, 0.4) is 0 Å². The molecule has 1 atom stereocenters. The van der Waals surface area contributed by atoms with Crippen LogP contribution in [0.4, 0.5) is 5.69 Å². The summed E-state index contributed by atoms with van der Waals surface area (Å²) in [6.07, 6.45) is 0.858. The number of hydrogen-bond donors (Lipinski definition) is 0. The molecule has 0 radical (unpaired) electrons. The molecule has 0 amide bonds. The summed E-state index contributed by atoms with van der Waals surface area (Å²) < 4.78 is 29.5. The average molecular weight is 456 g/mol. The predicted molar refractivity (Wildman–Crippen MR) is 116 cm³/mol. The second-order valence-corrected chi connectivity index (χ2v) is 11.2. The van der Waals surface area contributed by atoms with Gasteiger partial charge in [0.15, 0.2) is 0 Å². The molecule has 1 aliphatic heterocycles. The SMILES string of the molecule is Cc1ccc(S(=O)(=O)N2CCC(C[Se]c3ccccc3)c3ccccc32)cc1. The van der Waals surface area contributed by atoms with Gasteiger partial charge in [0.05, 0.1) is 0 Å². The Balaban J connectivity index is 1.61. The van der Waals surface area contributed by atoms with Gasteiger partial charge in [-0.05, 0) is 0 Å². The van der Waals surface area contributed by atoms with E-state index in [2.05, 4.69) is 30.3 Å². The number of nitrogens with zero attached hydrogens (tertiary/aromatic N) is 1. The number of hydrogen-bond acceptors (Lipinski definition) is 2. The van der Waals surface area contributed by atoms with E-state index in [0.717, 1.165) is 28.6 Å². The van der Waals surface area contributed by atoms with Gasteiger partial charge < -0.3 is 0 Å². The molecular formula is C23H23NO2SSe. The van der Waals surface area contributed by atoms with E-state index in [-0.39, 0.29) is 0 Å². The molecule has 28 heavy (non-hydrogen) atoms. The molecule has 0 spiro atoms. The van der Waals surface area contributed by atoms with Crippen LogP contribution in [0, 0.1) is 6.92 Å². The molecule has 1 aliphatic rings. The van der Waals surface area contributed by atoms with E-state index in [1.807, 2.05) is 43.3 Å². The maximum absolute atomic E-state index is 13.3. The van der Waals surface area contributed by atoms with E-state index in [4.69, 9.17) is 0 Å². The van der Waals surface area contributed by atoms with Gasteiger partial charge in [-0.2, -0.15) is 0 Å². The van der Waals surface area contributed by atoms with E-state index < -0.39 is 10.0 Å². The molecule has 0 aliphatic carbocycles. The van der Waals surface area contributed by atoms with Gasteiger partial charge in [-0.1, -0.05) is 0 Å². The van der Waals surface area contributed by atoms with Crippen molar-refractivity contribution in [2.24, 2.45) is 0 Å². The van der Waals surface area contributed by atoms with Crippen LogP contribution >= 0.6 is 0 Å². The molecule has 4 rings (SSSR count). The predicted octanol–water partition coefficient (Wildman–Crippen LogP) is 4.13. The molecule has 0 fully saturated rings. The van der Waals surface area contributed by atoms with E-state index in [1.54, 1.807) is 16.4 Å². The first kappa shape index (κ1) is 19.3. The van der Waals surface area contributed by atoms with Crippen LogP contribution < -0.4 is 8.77 Å². The van der Waals surface area contributed by atoms with E-state index in [1.165, 1.54) is 4.46 Å². The Morgan fingerprint density at radius 2 is 1.61 bits per heavy atom. The molecule has 3 aromatic carbocycles. The van der Waals surface area contributed by atoms with Crippen molar-refractivity contribution in [3.63, 3.8) is 0 Å². The summed E-state index contributed by atoms with van der Waals surface area (Å²) in [6.45, 7) is 2.49. The van der Waals surface area contributed by atoms with Gasteiger partial charge in [-0.25, -0.2) is 0 Å². The van der Waals surface area contributed by atoms with Gasteiger partial charge in [0, 0.05) is 0 Å². The topological polar surface area (TPSA) is 37.4 Å². The Bertz CT molecular complexity index is 1050. The van der Waals surface area contributed by atoms with E-state index >= 15 is 0 Å². The minimum absolute atomic E-state index is 0.361. The van der Waals surface area contributed by atoms with Crippen molar-refractivity contribution in [3.05, 3.63) is 90.0 Å². The monoisotopic (exact) mass is 457 g/mol. The number of sulfonamides is 1. The van der Waals surface area contributed by atoms with Crippen LogP contribution in [0.15, 0.2) is 83.8 Å². The van der Waals surface area contributed by atoms with Crippen LogP contribution in [0.5, 0.6) is 0 Å². The maximum atomic E-state index is 13.3. The van der Waals surface area contributed by atoms with Crippen molar-refractivity contribution < 1.29 is 8.42 Å². The molecule has 1 unspecified atom stereocenters. The van der Waals surface area contributed by atoms with Gasteiger partial charge in [0.1, 0.15) is 0 Å². The number of rotatable bonds is 5. The Morgan fingerprint density at radius 1 is 0.929 bits per heavy atom. The van der Waals surface area contributed by atoms with Gasteiger partial charge >= 0.3 is 174 Å². The molecule has 144 valence electrons. The minimum atomic E-state index is -3.54. The fourth-order valence-electron chi connectivity index (χ4n) is 3.58. The third kappa shape index (κ3) is 3.88. The number of aryl methyl sites for hydroxylation is 1. The first-order valence-electron chi connectivity index (χ1n) is 9.42. The summed E-state index contributed by atoms with van der Waals surface area (Å²) in [5.41, 5.74) is 3.05. The molecule has 3 aromatic rings. The van der Waals surface area contributed by atoms with Crippen molar-refractivity contribution in [1.82, 2.24) is 0 Å². The number of benzene rings is 3. The normalized spacial score (nSPS) is 16.6. The van der Waals surface area contributed by atoms with Gasteiger partial charge in [-0.15, -0.1) is 0 Å². The number of para-hydroxylation sites is 1. The fourth-order valence-corrected chi connectivity index (χ4v) is 7.37. The number of fused-ring (bicyclic) bond motifs is 1. The number of anilines is 1. The summed E-state index contributed by atoms with van der Waals surface area (Å²) in [6, 6.07) is 25.7. The van der Waals surface area contributed by atoms with Gasteiger partial charge in [0.25, 0.3) is 0 Å². The summed E-state index contributed by atoms with van der Waals surface area (Å²) in [4.78, 5) is 0.361. The Morgan fingerprint density at radius 3 is 2.36 bits per heavy atom. The summed E-state index contributed by atoms with van der Waals surface area (Å²) in [7, 11) is -3.54. The van der Waals surface area contributed by atoms with Crippen LogP contribution in [-0.4, -0.2) is 29.9 Å². The summed E-state index contributed by atoms with van der Waals surface area (Å²) in [5.74, 6) is 0.404. The van der Waals surface area contributed by atoms with Crippen molar-refractivity contribution in [3.8, 4) is 0 Å². The zero-order valence-corrected chi connectivity index (χ0v) is 18.3. The van der Waals surface area contributed by atoms with Crippen molar-refractivity contribution >= 4 is 35.1 Å². The molecule has 0 aromatic heterocycles. The third-order valence-electron chi connectivity index (χ3n) is 5.13. The Hall–Kier alpha value is -2.07. The molecule has 0 saturated carbocycles. The van der Waals surface area contributed by atoms with Crippen molar-refractivity contribution in [1.29, 1.82) is 0 Å². The molecule has 5 heteroatoms. The fraction of sp³-hybridized carbons (Fsp3) is 0.217.